The van der Waals surface area contributed by atoms with Crippen LogP contribution in [0, 0.1) is 0 Å². The van der Waals surface area contributed by atoms with Crippen LogP contribution in [0.5, 0.6) is 0 Å². The molecule has 0 saturated carbocycles. The molecule has 6 bridgehead atoms. The zero-order valence-corrected chi connectivity index (χ0v) is 18.8. The van der Waals surface area contributed by atoms with Gasteiger partial charge in [-0.15, -0.1) is 10.4 Å². The molecule has 8 nitrogen and oxygen atoms in total. The van der Waals surface area contributed by atoms with Crippen LogP contribution in [0.4, 0.5) is 21.9 Å². The molecule has 2 N–H and O–H groups in total. The number of unbranched alkanes of at least 4 members (excludes halogenated alkanes) is 1. The molecule has 6 rings (SSSR count). The van der Waals surface area contributed by atoms with Crippen LogP contribution in [0.2, 0.25) is 0 Å². The van der Waals surface area contributed by atoms with Gasteiger partial charge in [0.15, 0.2) is 0 Å². The molecule has 4 amide bonds. The molecule has 166 valence electrons. The molecular formula is C24H28N5O3+. The molecule has 0 spiro atoms. The average Bonchev–Trinajstić information content (AvgIpc) is 2.85. The third-order valence-electron chi connectivity index (χ3n) is 6.86. The molecule has 0 radical (unpaired) electrons. The minimum absolute atomic E-state index is 0.177. The summed E-state index contributed by atoms with van der Waals surface area (Å²) in [5, 5.41) is 4.67. The number of amides is 4. The molecule has 2 aromatic carbocycles. The van der Waals surface area contributed by atoms with Crippen molar-refractivity contribution in [3.8, 4) is 11.1 Å². The summed E-state index contributed by atoms with van der Waals surface area (Å²) in [5.41, 5.74) is 7.62. The van der Waals surface area contributed by atoms with E-state index in [2.05, 4.69) is 10.7 Å². The lowest BCUT2D eigenvalue weighted by Gasteiger charge is -2.45. The maximum absolute atomic E-state index is 14.1. The van der Waals surface area contributed by atoms with Crippen LogP contribution in [0.15, 0.2) is 36.4 Å². The molecule has 0 aliphatic carbocycles. The Morgan fingerprint density at radius 3 is 2.50 bits per heavy atom. The molecule has 0 saturated heterocycles. The number of carbonyl (C=O) groups excluding carboxylic acids is 3. The number of hydrogen-bond acceptors (Lipinski definition) is 4. The summed E-state index contributed by atoms with van der Waals surface area (Å²) in [5.74, 6) is -0.881. The van der Waals surface area contributed by atoms with Gasteiger partial charge in [-0.25, -0.2) is 4.79 Å². The van der Waals surface area contributed by atoms with Crippen molar-refractivity contribution in [3.05, 3.63) is 42.0 Å². The Hall–Kier alpha value is -3.23. The van der Waals surface area contributed by atoms with E-state index in [0.29, 0.717) is 30.0 Å². The van der Waals surface area contributed by atoms with Crippen molar-refractivity contribution in [1.29, 1.82) is 0 Å². The van der Waals surface area contributed by atoms with Crippen molar-refractivity contribution in [2.24, 2.45) is 0 Å². The fraction of sp³-hybridized carbons (Fsp3) is 0.375. The van der Waals surface area contributed by atoms with Crippen LogP contribution in [-0.4, -0.2) is 42.2 Å². The Morgan fingerprint density at radius 2 is 1.75 bits per heavy atom. The molecule has 8 heteroatoms. The highest BCUT2D eigenvalue weighted by atomic mass is 16.2. The van der Waals surface area contributed by atoms with Gasteiger partial charge in [0.25, 0.3) is 5.91 Å². The standard InChI is InChI=1S/C24H27N5O3/c1-5-6-13-29-24(32)27(4)19-12-11-18-20(21(19)25-22(30)15(3)26-29)17-10-8-7-9-16(17)14(2)23(31)28(18)29/h7-12,14-15,26H,5-6,13H2,1-4H3/p+1/t14?,15-,29?/m0/s1. The average molecular weight is 435 g/mol. The van der Waals surface area contributed by atoms with Crippen LogP contribution in [0.1, 0.15) is 45.1 Å². The van der Waals surface area contributed by atoms with E-state index in [1.54, 1.807) is 23.9 Å². The van der Waals surface area contributed by atoms with Crippen molar-refractivity contribution in [2.45, 2.75) is 45.6 Å². The van der Waals surface area contributed by atoms with Gasteiger partial charge in [-0.3, -0.25) is 14.5 Å². The van der Waals surface area contributed by atoms with Crippen LogP contribution < -0.4 is 20.7 Å². The maximum atomic E-state index is 14.1. The van der Waals surface area contributed by atoms with Gasteiger partial charge in [0.2, 0.25) is 5.91 Å². The Kier molecular flexibility index (Phi) is 4.61. The summed E-state index contributed by atoms with van der Waals surface area (Å²) in [6.45, 7) is 6.00. The van der Waals surface area contributed by atoms with E-state index in [-0.39, 0.29) is 17.8 Å². The Bertz CT molecular complexity index is 1160. The first-order valence-electron chi connectivity index (χ1n) is 11.2. The van der Waals surface area contributed by atoms with Crippen molar-refractivity contribution in [1.82, 2.24) is 5.43 Å². The Balaban J connectivity index is 1.96. The molecule has 0 fully saturated rings. The number of rotatable bonds is 3. The third kappa shape index (κ3) is 2.59. The number of nitrogens with zero attached hydrogens (tertiary/aromatic N) is 3. The number of hydrogen-bond donors (Lipinski definition) is 2. The fourth-order valence-corrected chi connectivity index (χ4v) is 5.13. The first-order valence-corrected chi connectivity index (χ1v) is 11.2. The van der Waals surface area contributed by atoms with E-state index in [1.807, 2.05) is 50.2 Å². The highest BCUT2D eigenvalue weighted by molar-refractivity contribution is 6.15. The van der Waals surface area contributed by atoms with E-state index in [4.69, 9.17) is 0 Å². The second kappa shape index (κ2) is 7.15. The van der Waals surface area contributed by atoms with Gasteiger partial charge in [0.05, 0.1) is 17.3 Å². The zero-order chi connectivity index (χ0) is 22.8. The second-order valence-corrected chi connectivity index (χ2v) is 8.84. The van der Waals surface area contributed by atoms with Crippen LogP contribution in [0.3, 0.4) is 0 Å². The molecular weight excluding hydrogens is 406 g/mol. The largest absolute Gasteiger partial charge is 0.468 e. The van der Waals surface area contributed by atoms with Gasteiger partial charge < -0.3 is 5.32 Å². The van der Waals surface area contributed by atoms with Crippen molar-refractivity contribution in [3.63, 3.8) is 0 Å². The predicted molar refractivity (Wildman–Crippen MR) is 123 cm³/mol. The number of quaternary nitrogens is 1. The first-order chi connectivity index (χ1) is 15.3. The highest BCUT2D eigenvalue weighted by Crippen LogP contribution is 2.51. The molecule has 2 aromatic rings. The van der Waals surface area contributed by atoms with E-state index < -0.39 is 16.7 Å². The molecule has 2 unspecified atom stereocenters. The van der Waals surface area contributed by atoms with Crippen molar-refractivity contribution in [2.75, 3.05) is 28.8 Å². The predicted octanol–water partition coefficient (Wildman–Crippen LogP) is 3.75. The lowest BCUT2D eigenvalue weighted by Crippen LogP contribution is -2.77. The van der Waals surface area contributed by atoms with Crippen LogP contribution in [-0.2, 0) is 9.59 Å². The first kappa shape index (κ1) is 20.7. The molecule has 4 heterocycles. The molecule has 4 aliphatic heterocycles. The van der Waals surface area contributed by atoms with Crippen molar-refractivity contribution < 1.29 is 19.1 Å². The zero-order valence-electron chi connectivity index (χ0n) is 18.8. The quantitative estimate of drug-likeness (QED) is 0.721. The number of fused-ring (bicyclic) bond motifs is 5. The summed E-state index contributed by atoms with van der Waals surface area (Å²) >= 11 is 0. The smallest absolute Gasteiger partial charge is 0.322 e. The van der Waals surface area contributed by atoms with Gasteiger partial charge in [0, 0.05) is 19.0 Å². The van der Waals surface area contributed by atoms with Crippen LogP contribution in [0.25, 0.3) is 11.1 Å². The SMILES string of the molecule is CCCC[N+]12N[C@@H](C)C(=O)Nc3c(ccc4c3-c3ccccc3C(C)C(=O)N41)N(C)C2=O. The monoisotopic (exact) mass is 434 g/mol. The van der Waals surface area contributed by atoms with E-state index in [9.17, 15) is 14.4 Å². The maximum Gasteiger partial charge on any atom is 0.468 e. The number of urea groups is 1. The van der Waals surface area contributed by atoms with E-state index >= 15 is 0 Å². The number of carbonyl (C=O) groups is 3. The topological polar surface area (TPSA) is 81.8 Å². The molecule has 0 aromatic heterocycles. The fourth-order valence-electron chi connectivity index (χ4n) is 5.13. The van der Waals surface area contributed by atoms with E-state index in [1.165, 1.54) is 0 Å². The summed E-state index contributed by atoms with van der Waals surface area (Å²) in [6.07, 6.45) is 1.54. The van der Waals surface area contributed by atoms with Gasteiger partial charge >= 0.3 is 6.03 Å². The third-order valence-corrected chi connectivity index (χ3v) is 6.86. The highest BCUT2D eigenvalue weighted by Gasteiger charge is 2.56. The number of benzene rings is 2. The lowest BCUT2D eigenvalue weighted by molar-refractivity contribution is -0.897. The molecule has 4 aliphatic rings. The van der Waals surface area contributed by atoms with Gasteiger partial charge in [-0.1, -0.05) is 42.3 Å². The van der Waals surface area contributed by atoms with Gasteiger partial charge in [-0.2, -0.15) is 0 Å². The normalized spacial score (nSPS) is 26.2. The summed E-state index contributed by atoms with van der Waals surface area (Å²) in [7, 11) is 1.70. The Morgan fingerprint density at radius 1 is 1.03 bits per heavy atom. The summed E-state index contributed by atoms with van der Waals surface area (Å²) in [6, 6.07) is 10.5. The summed E-state index contributed by atoms with van der Waals surface area (Å²) < 4.78 is -0.448. The van der Waals surface area contributed by atoms with E-state index in [0.717, 1.165) is 23.1 Å². The Labute approximate surface area is 187 Å². The van der Waals surface area contributed by atoms with Gasteiger partial charge in [0.1, 0.15) is 18.3 Å². The number of nitrogens with one attached hydrogen (secondary N) is 2. The van der Waals surface area contributed by atoms with Crippen molar-refractivity contribution >= 4 is 34.9 Å². The second-order valence-electron chi connectivity index (χ2n) is 8.84. The minimum Gasteiger partial charge on any atom is -0.322 e. The van der Waals surface area contributed by atoms with Crippen LogP contribution >= 0.6 is 0 Å². The summed E-state index contributed by atoms with van der Waals surface area (Å²) in [4.78, 5) is 42.9. The van der Waals surface area contributed by atoms with Gasteiger partial charge in [-0.05, 0) is 37.1 Å². The lowest BCUT2D eigenvalue weighted by atomic mass is 9.91. The molecule has 3 atom stereocenters. The minimum atomic E-state index is -0.697. The molecule has 32 heavy (non-hydrogen) atoms. The number of anilines is 3.